The van der Waals surface area contributed by atoms with E-state index in [1.807, 2.05) is 0 Å². The first-order valence-corrected chi connectivity index (χ1v) is 9.11. The van der Waals surface area contributed by atoms with Gasteiger partial charge in [-0.05, 0) is 51.4 Å². The van der Waals surface area contributed by atoms with Crippen molar-refractivity contribution in [3.63, 3.8) is 0 Å². The maximum Gasteiger partial charge on any atom is 0.246 e. The Morgan fingerprint density at radius 1 is 0.840 bits per heavy atom. The summed E-state index contributed by atoms with van der Waals surface area (Å²) in [5, 5.41) is 9.69. The first-order valence-electron chi connectivity index (χ1n) is 9.11. The molecule has 25 heavy (non-hydrogen) atoms. The molecule has 3 bridgehead atoms. The Bertz CT molecular complexity index is 715. The fourth-order valence-electron chi connectivity index (χ4n) is 7.13. The Morgan fingerprint density at radius 3 is 2.08 bits per heavy atom. The lowest BCUT2D eigenvalue weighted by Crippen LogP contribution is -2.67. The van der Waals surface area contributed by atoms with E-state index >= 15 is 0 Å². The van der Waals surface area contributed by atoms with Gasteiger partial charge in [-0.3, -0.25) is 14.4 Å². The molecule has 4 fully saturated rings. The largest absolute Gasteiger partial charge is 0.351 e. The number of carbonyl (C=O) groups is 3. The van der Waals surface area contributed by atoms with E-state index in [9.17, 15) is 14.4 Å². The highest BCUT2D eigenvalue weighted by atomic mass is 16.2. The van der Waals surface area contributed by atoms with Crippen molar-refractivity contribution in [3.05, 3.63) is 12.2 Å². The minimum absolute atomic E-state index is 0.0122. The van der Waals surface area contributed by atoms with Gasteiger partial charge in [0.25, 0.3) is 0 Å². The minimum Gasteiger partial charge on any atom is -0.351 e. The van der Waals surface area contributed by atoms with Crippen LogP contribution in [0.15, 0.2) is 12.2 Å². The summed E-state index contributed by atoms with van der Waals surface area (Å²) in [6, 6.07) is 0. The Balaban J connectivity index is 1.74. The van der Waals surface area contributed by atoms with Crippen LogP contribution in [0.5, 0.6) is 0 Å². The van der Waals surface area contributed by atoms with Gasteiger partial charge in [0.15, 0.2) is 0 Å². The molecular formula is C19H27N3O3. The highest BCUT2D eigenvalue weighted by Crippen LogP contribution is 2.78. The molecule has 6 heteroatoms. The summed E-state index contributed by atoms with van der Waals surface area (Å²) >= 11 is 0. The lowest BCUT2D eigenvalue weighted by molar-refractivity contribution is -0.130. The van der Waals surface area contributed by atoms with E-state index in [2.05, 4.69) is 22.5 Å². The van der Waals surface area contributed by atoms with Crippen molar-refractivity contribution < 1.29 is 14.4 Å². The zero-order valence-electron chi connectivity index (χ0n) is 15.3. The second kappa shape index (κ2) is 4.65. The van der Waals surface area contributed by atoms with Gasteiger partial charge < -0.3 is 16.0 Å². The van der Waals surface area contributed by atoms with Crippen molar-refractivity contribution in [2.75, 3.05) is 0 Å². The van der Waals surface area contributed by atoms with Gasteiger partial charge >= 0.3 is 0 Å². The van der Waals surface area contributed by atoms with E-state index in [4.69, 9.17) is 0 Å². The highest BCUT2D eigenvalue weighted by molar-refractivity contribution is 5.93. The van der Waals surface area contributed by atoms with Crippen LogP contribution < -0.4 is 16.0 Å². The summed E-state index contributed by atoms with van der Waals surface area (Å²) in [4.78, 5) is 36.2. The molecule has 6 nitrogen and oxygen atoms in total. The third-order valence-corrected chi connectivity index (χ3v) is 7.21. The molecule has 0 aromatic carbocycles. The molecular weight excluding hydrogens is 318 g/mol. The maximum absolute atomic E-state index is 12.4. The van der Waals surface area contributed by atoms with Crippen molar-refractivity contribution >= 4 is 17.7 Å². The van der Waals surface area contributed by atoms with E-state index in [1.165, 1.54) is 0 Å². The number of amides is 3. The van der Waals surface area contributed by atoms with Crippen LogP contribution >= 0.6 is 0 Å². The quantitative estimate of drug-likeness (QED) is 0.668. The van der Waals surface area contributed by atoms with Crippen LogP contribution in [0.4, 0.5) is 0 Å². The van der Waals surface area contributed by atoms with Gasteiger partial charge in [0.1, 0.15) is 0 Å². The fourth-order valence-corrected chi connectivity index (χ4v) is 7.13. The molecule has 3 N–H and O–H groups in total. The smallest absolute Gasteiger partial charge is 0.246 e. The van der Waals surface area contributed by atoms with Gasteiger partial charge in [0.05, 0.1) is 0 Å². The van der Waals surface area contributed by atoms with Crippen LogP contribution in [0.25, 0.3) is 0 Å². The fraction of sp³-hybridized carbons (Fsp3) is 0.737. The maximum atomic E-state index is 12.4. The first kappa shape index (κ1) is 16.6. The Labute approximate surface area is 148 Å². The third-order valence-electron chi connectivity index (χ3n) is 7.21. The SMILES string of the molecule is C=C(C)C(=O)NC12CC3(NC(C)=O)CC4CC(NC(C)=O)(C1)C4(C3)C2. The van der Waals surface area contributed by atoms with Crippen LogP contribution in [-0.4, -0.2) is 34.3 Å². The molecule has 136 valence electrons. The molecule has 4 aliphatic rings. The van der Waals surface area contributed by atoms with Crippen LogP contribution in [0.2, 0.25) is 0 Å². The Kier molecular flexibility index (Phi) is 3.09. The molecule has 0 radical (unpaired) electrons. The summed E-state index contributed by atoms with van der Waals surface area (Å²) in [5.74, 6) is 0.327. The third kappa shape index (κ3) is 2.06. The van der Waals surface area contributed by atoms with Crippen molar-refractivity contribution in [1.29, 1.82) is 0 Å². The molecule has 0 saturated heterocycles. The molecule has 0 aromatic rings. The number of carbonyl (C=O) groups excluding carboxylic acids is 3. The van der Waals surface area contributed by atoms with Crippen LogP contribution in [0.3, 0.4) is 0 Å². The molecule has 0 heterocycles. The van der Waals surface area contributed by atoms with Crippen molar-refractivity contribution in [3.8, 4) is 0 Å². The average molecular weight is 345 g/mol. The number of rotatable bonds is 4. The second-order valence-corrected chi connectivity index (χ2v) is 9.21. The standard InChI is InChI=1S/C19H27N3O3/c1-11(2)15(25)22-17-7-16(20-12(3)23)5-14-6-19(10-17,21-13(4)24)18(14,8-16)9-17/h14H,1,5-10H2,2-4H3,(H,20,23)(H,21,24)(H,22,25). The summed E-state index contributed by atoms with van der Waals surface area (Å²) in [6.07, 6.45) is 5.15. The Hall–Kier alpha value is -1.85. The molecule has 1 spiro atoms. The lowest BCUT2D eigenvalue weighted by Gasteiger charge is -2.58. The molecule has 0 aromatic heterocycles. The van der Waals surface area contributed by atoms with E-state index in [0.29, 0.717) is 11.5 Å². The zero-order chi connectivity index (χ0) is 18.3. The molecule has 0 aliphatic heterocycles. The van der Waals surface area contributed by atoms with Gasteiger partial charge in [-0.25, -0.2) is 0 Å². The number of hydrogen-bond donors (Lipinski definition) is 3. The molecule has 3 amide bonds. The van der Waals surface area contributed by atoms with Gasteiger partial charge in [-0.1, -0.05) is 6.58 Å². The predicted molar refractivity (Wildman–Crippen MR) is 92.4 cm³/mol. The van der Waals surface area contributed by atoms with Crippen molar-refractivity contribution in [2.24, 2.45) is 11.3 Å². The number of fused-ring (bicyclic) bond motifs is 2. The predicted octanol–water partition coefficient (Wildman–Crippen LogP) is 1.16. The molecule has 4 rings (SSSR count). The first-order chi connectivity index (χ1) is 11.6. The van der Waals surface area contributed by atoms with Crippen molar-refractivity contribution in [1.82, 2.24) is 16.0 Å². The number of nitrogens with one attached hydrogen (secondary N) is 3. The van der Waals surface area contributed by atoms with Gasteiger partial charge in [0, 0.05) is 41.5 Å². The molecule has 4 aliphatic carbocycles. The van der Waals surface area contributed by atoms with Crippen LogP contribution in [0, 0.1) is 11.3 Å². The number of hydrogen-bond acceptors (Lipinski definition) is 3. The van der Waals surface area contributed by atoms with E-state index < -0.39 is 0 Å². The van der Waals surface area contributed by atoms with Gasteiger partial charge in [-0.2, -0.15) is 0 Å². The topological polar surface area (TPSA) is 87.3 Å². The van der Waals surface area contributed by atoms with E-state index in [0.717, 1.165) is 38.5 Å². The molecule has 5 atom stereocenters. The van der Waals surface area contributed by atoms with Crippen LogP contribution in [0.1, 0.15) is 59.3 Å². The summed E-state index contributed by atoms with van der Waals surface area (Å²) in [6.45, 7) is 8.59. The average Bonchev–Trinajstić information content (AvgIpc) is 2.70. The minimum atomic E-state index is -0.384. The van der Waals surface area contributed by atoms with Gasteiger partial charge in [-0.15, -0.1) is 0 Å². The van der Waals surface area contributed by atoms with Gasteiger partial charge in [0.2, 0.25) is 17.7 Å². The normalized spacial score (nSPS) is 45.3. The van der Waals surface area contributed by atoms with Crippen molar-refractivity contribution in [2.45, 2.75) is 75.9 Å². The summed E-state index contributed by atoms with van der Waals surface area (Å²) < 4.78 is 0. The van der Waals surface area contributed by atoms with E-state index in [-0.39, 0.29) is 39.8 Å². The lowest BCUT2D eigenvalue weighted by atomic mass is 9.50. The summed E-state index contributed by atoms with van der Waals surface area (Å²) in [7, 11) is 0. The molecule has 4 saturated carbocycles. The van der Waals surface area contributed by atoms with Crippen LogP contribution in [-0.2, 0) is 14.4 Å². The second-order valence-electron chi connectivity index (χ2n) is 9.21. The highest BCUT2D eigenvalue weighted by Gasteiger charge is 2.82. The molecule has 5 unspecified atom stereocenters. The zero-order valence-corrected chi connectivity index (χ0v) is 15.3. The monoisotopic (exact) mass is 345 g/mol. The Morgan fingerprint density at radius 2 is 1.48 bits per heavy atom. The van der Waals surface area contributed by atoms with E-state index in [1.54, 1.807) is 20.8 Å². The summed E-state index contributed by atoms with van der Waals surface area (Å²) in [5.41, 5.74) is -0.425.